The summed E-state index contributed by atoms with van der Waals surface area (Å²) in [7, 11) is 3.72. The molecule has 2 rings (SSSR count). The van der Waals surface area contributed by atoms with Crippen molar-refractivity contribution in [3.05, 3.63) is 29.9 Å². The zero-order valence-electron chi connectivity index (χ0n) is 12.4. The summed E-state index contributed by atoms with van der Waals surface area (Å²) >= 11 is 0. The van der Waals surface area contributed by atoms with Crippen molar-refractivity contribution >= 4 is 0 Å². The highest BCUT2D eigenvalue weighted by Crippen LogP contribution is 2.18. The molecular weight excluding hydrogens is 258 g/mol. The third-order valence-electron chi connectivity index (χ3n) is 3.31. The fourth-order valence-electron chi connectivity index (χ4n) is 1.93. The average molecular weight is 279 g/mol. The Morgan fingerprint density at radius 3 is 2.95 bits per heavy atom. The first kappa shape index (κ1) is 14.7. The van der Waals surface area contributed by atoms with Crippen LogP contribution in [-0.2, 0) is 17.8 Å². The first-order valence-electron chi connectivity index (χ1n) is 6.60. The van der Waals surface area contributed by atoms with Crippen molar-refractivity contribution in [1.29, 1.82) is 0 Å². The lowest BCUT2D eigenvalue weighted by molar-refractivity contribution is 0.179. The van der Waals surface area contributed by atoms with Gasteiger partial charge in [0.2, 0.25) is 5.89 Å². The molecule has 0 aliphatic carbocycles. The molecule has 0 fully saturated rings. The SMILES string of the molecule is COCCn1cncc1CN(C)[C@H](C)c1nc(C)no1. The molecule has 2 heterocycles. The van der Waals surface area contributed by atoms with Crippen LogP contribution in [0.25, 0.3) is 0 Å². The van der Waals surface area contributed by atoms with Gasteiger partial charge >= 0.3 is 0 Å². The Kier molecular flexibility index (Phi) is 4.86. The van der Waals surface area contributed by atoms with Crippen LogP contribution >= 0.6 is 0 Å². The molecule has 110 valence electrons. The maximum absolute atomic E-state index is 5.22. The second kappa shape index (κ2) is 6.62. The minimum absolute atomic E-state index is 0.0574. The number of methoxy groups -OCH3 is 1. The van der Waals surface area contributed by atoms with Gasteiger partial charge in [-0.1, -0.05) is 5.16 Å². The molecule has 2 aromatic heterocycles. The maximum atomic E-state index is 5.22. The largest absolute Gasteiger partial charge is 0.383 e. The smallest absolute Gasteiger partial charge is 0.243 e. The second-order valence-electron chi connectivity index (χ2n) is 4.84. The number of nitrogens with zero attached hydrogens (tertiary/aromatic N) is 5. The van der Waals surface area contributed by atoms with Crippen molar-refractivity contribution in [2.75, 3.05) is 20.8 Å². The van der Waals surface area contributed by atoms with Gasteiger partial charge in [-0.25, -0.2) is 4.98 Å². The summed E-state index contributed by atoms with van der Waals surface area (Å²) in [6.45, 7) is 6.09. The number of hydrogen-bond donors (Lipinski definition) is 0. The quantitative estimate of drug-likeness (QED) is 0.763. The summed E-state index contributed by atoms with van der Waals surface area (Å²) in [6, 6.07) is 0.0574. The van der Waals surface area contributed by atoms with Crippen LogP contribution < -0.4 is 0 Å². The lowest BCUT2D eigenvalue weighted by atomic mass is 10.3. The van der Waals surface area contributed by atoms with E-state index in [1.54, 1.807) is 7.11 Å². The highest BCUT2D eigenvalue weighted by atomic mass is 16.5. The average Bonchev–Trinajstić information content (AvgIpc) is 3.04. The van der Waals surface area contributed by atoms with Crippen LogP contribution in [0, 0.1) is 6.92 Å². The third-order valence-corrected chi connectivity index (χ3v) is 3.31. The predicted molar refractivity (Wildman–Crippen MR) is 73.0 cm³/mol. The van der Waals surface area contributed by atoms with Crippen molar-refractivity contribution < 1.29 is 9.26 Å². The van der Waals surface area contributed by atoms with Gasteiger partial charge in [-0.3, -0.25) is 4.90 Å². The van der Waals surface area contributed by atoms with E-state index in [4.69, 9.17) is 9.26 Å². The number of aromatic nitrogens is 4. The van der Waals surface area contributed by atoms with Gasteiger partial charge in [-0.15, -0.1) is 0 Å². The lowest BCUT2D eigenvalue weighted by Crippen LogP contribution is -2.24. The summed E-state index contributed by atoms with van der Waals surface area (Å²) in [5.74, 6) is 1.29. The normalized spacial score (nSPS) is 13.1. The van der Waals surface area contributed by atoms with Crippen LogP contribution in [0.1, 0.15) is 30.4 Å². The Bertz CT molecular complexity index is 536. The van der Waals surface area contributed by atoms with E-state index in [1.807, 2.05) is 33.4 Å². The van der Waals surface area contributed by atoms with Crippen molar-refractivity contribution in [2.45, 2.75) is 33.0 Å². The molecule has 0 saturated heterocycles. The van der Waals surface area contributed by atoms with Gasteiger partial charge in [0, 0.05) is 26.4 Å². The number of hydrogen-bond acceptors (Lipinski definition) is 6. The van der Waals surface area contributed by atoms with E-state index in [1.165, 1.54) is 0 Å². The minimum atomic E-state index is 0.0574. The van der Waals surface area contributed by atoms with Crippen LogP contribution in [-0.4, -0.2) is 45.4 Å². The van der Waals surface area contributed by atoms with Crippen LogP contribution in [0.4, 0.5) is 0 Å². The number of imidazole rings is 1. The second-order valence-corrected chi connectivity index (χ2v) is 4.84. The molecular formula is C13H21N5O2. The van der Waals surface area contributed by atoms with Gasteiger partial charge in [0.15, 0.2) is 5.82 Å². The highest BCUT2D eigenvalue weighted by Gasteiger charge is 2.19. The van der Waals surface area contributed by atoms with E-state index in [9.17, 15) is 0 Å². The zero-order chi connectivity index (χ0) is 14.5. The standard InChI is InChI=1S/C13H21N5O2/c1-10(13-15-11(2)16-20-13)17(3)8-12-7-14-9-18(12)5-6-19-4/h7,9-10H,5-6,8H2,1-4H3/t10-/m1/s1. The zero-order valence-corrected chi connectivity index (χ0v) is 12.4. The summed E-state index contributed by atoms with van der Waals surface area (Å²) in [5.41, 5.74) is 1.13. The molecule has 0 unspecified atom stereocenters. The number of aryl methyl sites for hydroxylation is 1. The molecule has 0 aliphatic rings. The Hall–Kier alpha value is -1.73. The Morgan fingerprint density at radius 1 is 1.50 bits per heavy atom. The minimum Gasteiger partial charge on any atom is -0.383 e. The Morgan fingerprint density at radius 2 is 2.30 bits per heavy atom. The molecule has 7 nitrogen and oxygen atoms in total. The van der Waals surface area contributed by atoms with Crippen molar-refractivity contribution in [3.63, 3.8) is 0 Å². The van der Waals surface area contributed by atoms with Crippen molar-refractivity contribution in [2.24, 2.45) is 0 Å². The number of rotatable bonds is 7. The van der Waals surface area contributed by atoms with Gasteiger partial charge in [-0.05, 0) is 20.9 Å². The fourth-order valence-corrected chi connectivity index (χ4v) is 1.93. The Labute approximate surface area is 118 Å². The summed E-state index contributed by atoms with van der Waals surface area (Å²) in [4.78, 5) is 10.6. The monoisotopic (exact) mass is 279 g/mol. The molecule has 0 saturated carbocycles. The summed E-state index contributed by atoms with van der Waals surface area (Å²) in [6.07, 6.45) is 3.70. The molecule has 2 aromatic rings. The van der Waals surface area contributed by atoms with Gasteiger partial charge in [0.05, 0.1) is 24.7 Å². The Balaban J connectivity index is 2.00. The first-order chi connectivity index (χ1) is 9.61. The van der Waals surface area contributed by atoms with E-state index >= 15 is 0 Å². The van der Waals surface area contributed by atoms with E-state index < -0.39 is 0 Å². The molecule has 0 N–H and O–H groups in total. The van der Waals surface area contributed by atoms with E-state index in [0.29, 0.717) is 18.3 Å². The molecule has 7 heteroatoms. The molecule has 0 bridgehead atoms. The molecule has 0 radical (unpaired) electrons. The first-order valence-corrected chi connectivity index (χ1v) is 6.60. The van der Waals surface area contributed by atoms with Crippen LogP contribution in [0.3, 0.4) is 0 Å². The summed E-state index contributed by atoms with van der Waals surface area (Å²) in [5, 5.41) is 3.83. The van der Waals surface area contributed by atoms with E-state index in [0.717, 1.165) is 18.8 Å². The van der Waals surface area contributed by atoms with Gasteiger partial charge in [0.1, 0.15) is 0 Å². The topological polar surface area (TPSA) is 69.2 Å². The highest BCUT2D eigenvalue weighted by molar-refractivity contribution is 5.00. The summed E-state index contributed by atoms with van der Waals surface area (Å²) < 4.78 is 12.4. The fraction of sp³-hybridized carbons (Fsp3) is 0.615. The lowest BCUT2D eigenvalue weighted by Gasteiger charge is -2.22. The van der Waals surface area contributed by atoms with Crippen LogP contribution in [0.2, 0.25) is 0 Å². The molecule has 0 aromatic carbocycles. The predicted octanol–water partition coefficient (Wildman–Crippen LogP) is 1.41. The van der Waals surface area contributed by atoms with Gasteiger partial charge in [0.25, 0.3) is 0 Å². The van der Waals surface area contributed by atoms with Gasteiger partial charge in [-0.2, -0.15) is 4.98 Å². The molecule has 0 amide bonds. The van der Waals surface area contributed by atoms with Gasteiger partial charge < -0.3 is 13.8 Å². The molecule has 20 heavy (non-hydrogen) atoms. The van der Waals surface area contributed by atoms with E-state index in [-0.39, 0.29) is 6.04 Å². The van der Waals surface area contributed by atoms with Crippen molar-refractivity contribution in [3.8, 4) is 0 Å². The third kappa shape index (κ3) is 3.43. The van der Waals surface area contributed by atoms with Crippen molar-refractivity contribution in [1.82, 2.24) is 24.6 Å². The van der Waals surface area contributed by atoms with E-state index in [2.05, 4.69) is 24.6 Å². The maximum Gasteiger partial charge on any atom is 0.243 e. The molecule has 0 aliphatic heterocycles. The number of ether oxygens (including phenoxy) is 1. The molecule has 1 atom stereocenters. The van der Waals surface area contributed by atoms with Crippen LogP contribution in [0.15, 0.2) is 17.0 Å². The van der Waals surface area contributed by atoms with Crippen LogP contribution in [0.5, 0.6) is 0 Å². The molecule has 0 spiro atoms.